The van der Waals surface area contributed by atoms with Crippen LogP contribution in [-0.4, -0.2) is 40.4 Å². The first-order valence-corrected chi connectivity index (χ1v) is 6.30. The zero-order valence-electron chi connectivity index (χ0n) is 10.8. The van der Waals surface area contributed by atoms with Crippen LogP contribution >= 0.6 is 0 Å². The molecule has 6 heteroatoms. The summed E-state index contributed by atoms with van der Waals surface area (Å²) in [5, 5.41) is 9.06. The number of hydrogen-bond acceptors (Lipinski definition) is 4. The smallest absolute Gasteiger partial charge is 0.410 e. The highest BCUT2D eigenvalue weighted by atomic mass is 16.6. The third kappa shape index (κ3) is 3.34. The highest BCUT2D eigenvalue weighted by Crippen LogP contribution is 2.16. The van der Waals surface area contributed by atoms with Crippen LogP contribution in [0.2, 0.25) is 0 Å². The lowest BCUT2D eigenvalue weighted by atomic mass is 10.0. The van der Waals surface area contributed by atoms with Gasteiger partial charge in [0.2, 0.25) is 0 Å². The maximum absolute atomic E-state index is 11.9. The summed E-state index contributed by atoms with van der Waals surface area (Å²) in [6.45, 7) is 0.167. The molecule has 1 amide bonds. The second kappa shape index (κ2) is 6.18. The average Bonchev–Trinajstić information content (AvgIpc) is 2.45. The van der Waals surface area contributed by atoms with Crippen molar-refractivity contribution in [3.63, 3.8) is 0 Å². The molecule has 1 atom stereocenters. The van der Waals surface area contributed by atoms with Crippen molar-refractivity contribution >= 4 is 17.8 Å². The maximum atomic E-state index is 11.9. The van der Waals surface area contributed by atoms with Crippen LogP contribution in [0, 0.1) is 0 Å². The molecule has 1 aliphatic heterocycles. The van der Waals surface area contributed by atoms with Crippen LogP contribution in [-0.2, 0) is 20.9 Å². The molecule has 0 bridgehead atoms. The van der Waals surface area contributed by atoms with Crippen molar-refractivity contribution in [1.29, 1.82) is 0 Å². The minimum absolute atomic E-state index is 0.0798. The molecule has 1 aromatic carbocycles. The number of Topliss-reactive ketones (excluding diaryl/α,β-unsaturated/α-hetero) is 1. The summed E-state index contributed by atoms with van der Waals surface area (Å²) in [4.78, 5) is 35.4. The summed E-state index contributed by atoms with van der Waals surface area (Å²) in [5.41, 5.74) is 0.820. The summed E-state index contributed by atoms with van der Waals surface area (Å²) in [6.07, 6.45) is -0.686. The monoisotopic (exact) mass is 277 g/mol. The maximum Gasteiger partial charge on any atom is 0.410 e. The zero-order chi connectivity index (χ0) is 14.5. The van der Waals surface area contributed by atoms with Gasteiger partial charge in [-0.2, -0.15) is 0 Å². The number of benzene rings is 1. The lowest BCUT2D eigenvalue weighted by molar-refractivity contribution is -0.146. The van der Waals surface area contributed by atoms with E-state index in [2.05, 4.69) is 0 Å². The summed E-state index contributed by atoms with van der Waals surface area (Å²) in [6, 6.07) is 7.98. The Balaban J connectivity index is 1.97. The normalized spacial score (nSPS) is 18.7. The summed E-state index contributed by atoms with van der Waals surface area (Å²) < 4.78 is 5.10. The van der Waals surface area contributed by atoms with E-state index in [1.807, 2.05) is 30.3 Å². The molecule has 0 aromatic heterocycles. The topological polar surface area (TPSA) is 83.9 Å². The van der Waals surface area contributed by atoms with Crippen LogP contribution in [0.5, 0.6) is 0 Å². The Bertz CT molecular complexity index is 514. The van der Waals surface area contributed by atoms with Gasteiger partial charge in [0.25, 0.3) is 0 Å². The second-order valence-electron chi connectivity index (χ2n) is 4.58. The van der Waals surface area contributed by atoms with Crippen LogP contribution in [0.15, 0.2) is 30.3 Å². The number of piperidine rings is 1. The largest absolute Gasteiger partial charge is 0.480 e. The van der Waals surface area contributed by atoms with E-state index in [4.69, 9.17) is 9.84 Å². The Labute approximate surface area is 115 Å². The quantitative estimate of drug-likeness (QED) is 0.903. The van der Waals surface area contributed by atoms with Gasteiger partial charge in [-0.3, -0.25) is 9.69 Å². The Morgan fingerprint density at radius 2 is 2.00 bits per heavy atom. The van der Waals surface area contributed by atoms with Crippen molar-refractivity contribution in [2.45, 2.75) is 25.5 Å². The van der Waals surface area contributed by atoms with Crippen LogP contribution in [0.1, 0.15) is 18.4 Å². The van der Waals surface area contributed by atoms with Crippen LogP contribution in [0.25, 0.3) is 0 Å². The van der Waals surface area contributed by atoms with Gasteiger partial charge in [-0.1, -0.05) is 30.3 Å². The third-order valence-corrected chi connectivity index (χ3v) is 3.15. The van der Waals surface area contributed by atoms with Crippen LogP contribution in [0.4, 0.5) is 4.79 Å². The van der Waals surface area contributed by atoms with E-state index in [1.165, 1.54) is 0 Å². The number of aliphatic carboxylic acids is 1. The number of carboxylic acids is 1. The van der Waals surface area contributed by atoms with Crippen molar-refractivity contribution < 1.29 is 24.2 Å². The van der Waals surface area contributed by atoms with Gasteiger partial charge in [-0.05, 0) is 5.56 Å². The fourth-order valence-electron chi connectivity index (χ4n) is 2.07. The predicted octanol–water partition coefficient (Wildman–Crippen LogP) is 1.44. The molecule has 1 aromatic rings. The van der Waals surface area contributed by atoms with Gasteiger partial charge in [0.1, 0.15) is 18.4 Å². The Morgan fingerprint density at radius 3 is 2.65 bits per heavy atom. The van der Waals surface area contributed by atoms with Gasteiger partial charge in [-0.25, -0.2) is 9.59 Å². The number of rotatable bonds is 3. The Hall–Kier alpha value is -2.37. The first-order chi connectivity index (χ1) is 9.58. The lowest BCUT2D eigenvalue weighted by Crippen LogP contribution is -2.50. The Morgan fingerprint density at radius 1 is 1.30 bits per heavy atom. The van der Waals surface area contributed by atoms with Gasteiger partial charge in [0, 0.05) is 19.4 Å². The van der Waals surface area contributed by atoms with E-state index in [0.29, 0.717) is 0 Å². The number of ether oxygens (including phenoxy) is 1. The van der Waals surface area contributed by atoms with E-state index < -0.39 is 18.1 Å². The number of carbonyl (C=O) groups is 3. The first-order valence-electron chi connectivity index (χ1n) is 6.30. The fourth-order valence-corrected chi connectivity index (χ4v) is 2.07. The molecule has 0 radical (unpaired) electrons. The zero-order valence-corrected chi connectivity index (χ0v) is 10.8. The van der Waals surface area contributed by atoms with Crippen LogP contribution < -0.4 is 0 Å². The molecule has 20 heavy (non-hydrogen) atoms. The number of ketones is 1. The number of amides is 1. The second-order valence-corrected chi connectivity index (χ2v) is 4.58. The van der Waals surface area contributed by atoms with E-state index >= 15 is 0 Å². The highest BCUT2D eigenvalue weighted by molar-refractivity contribution is 5.90. The molecule has 1 N–H and O–H groups in total. The molecule has 0 saturated carbocycles. The van der Waals surface area contributed by atoms with Crippen molar-refractivity contribution in [3.8, 4) is 0 Å². The SMILES string of the molecule is O=C1CCN(C(=O)OCc2ccccc2)[C@@H](C(=O)O)C1. The molecule has 1 heterocycles. The van der Waals surface area contributed by atoms with Crippen molar-refractivity contribution in [2.75, 3.05) is 6.54 Å². The van der Waals surface area contributed by atoms with Crippen molar-refractivity contribution in [2.24, 2.45) is 0 Å². The van der Waals surface area contributed by atoms with Gasteiger partial charge < -0.3 is 9.84 Å². The summed E-state index contributed by atoms with van der Waals surface area (Å²) in [5.74, 6) is -1.33. The molecule has 106 valence electrons. The van der Waals surface area contributed by atoms with Crippen LogP contribution in [0.3, 0.4) is 0 Å². The van der Waals surface area contributed by atoms with Gasteiger partial charge in [0.05, 0.1) is 0 Å². The highest BCUT2D eigenvalue weighted by Gasteiger charge is 2.36. The minimum Gasteiger partial charge on any atom is -0.480 e. The molecule has 1 aliphatic rings. The molecule has 0 unspecified atom stereocenters. The van der Waals surface area contributed by atoms with E-state index in [1.54, 1.807) is 0 Å². The van der Waals surface area contributed by atoms with Crippen molar-refractivity contribution in [3.05, 3.63) is 35.9 Å². The summed E-state index contributed by atoms with van der Waals surface area (Å²) in [7, 11) is 0. The number of hydrogen-bond donors (Lipinski definition) is 1. The fraction of sp³-hybridized carbons (Fsp3) is 0.357. The molecule has 1 fully saturated rings. The number of carboxylic acid groups (broad SMARTS) is 1. The number of nitrogens with zero attached hydrogens (tertiary/aromatic N) is 1. The van der Waals surface area contributed by atoms with Gasteiger partial charge in [0.15, 0.2) is 0 Å². The molecule has 0 spiro atoms. The molecular formula is C14H15NO5. The standard InChI is InChI=1S/C14H15NO5/c16-11-6-7-15(12(8-11)13(17)18)14(19)20-9-10-4-2-1-3-5-10/h1-5,12H,6-9H2,(H,17,18)/t12-/m1/s1. The average molecular weight is 277 g/mol. The Kier molecular flexibility index (Phi) is 4.34. The van der Waals surface area contributed by atoms with Crippen molar-refractivity contribution in [1.82, 2.24) is 4.90 Å². The van der Waals surface area contributed by atoms with E-state index in [9.17, 15) is 14.4 Å². The van der Waals surface area contributed by atoms with Gasteiger partial charge >= 0.3 is 12.1 Å². The van der Waals surface area contributed by atoms with Gasteiger partial charge in [-0.15, -0.1) is 0 Å². The number of likely N-dealkylation sites (tertiary alicyclic amines) is 1. The lowest BCUT2D eigenvalue weighted by Gasteiger charge is -2.31. The molecular weight excluding hydrogens is 262 g/mol. The molecule has 1 saturated heterocycles. The van der Waals surface area contributed by atoms with E-state index in [-0.39, 0.29) is 31.8 Å². The molecule has 2 rings (SSSR count). The third-order valence-electron chi connectivity index (χ3n) is 3.15. The number of carbonyl (C=O) groups excluding carboxylic acids is 2. The minimum atomic E-state index is -1.19. The first kappa shape index (κ1) is 14.0. The van der Waals surface area contributed by atoms with E-state index in [0.717, 1.165) is 10.5 Å². The predicted molar refractivity (Wildman–Crippen MR) is 69.0 cm³/mol. The molecule has 0 aliphatic carbocycles. The summed E-state index contributed by atoms with van der Waals surface area (Å²) >= 11 is 0. The molecule has 6 nitrogen and oxygen atoms in total.